The molecule has 82 valence electrons. The van der Waals surface area contributed by atoms with Crippen molar-refractivity contribution in [2.24, 2.45) is 5.92 Å². The van der Waals surface area contributed by atoms with Gasteiger partial charge in [0.2, 0.25) is 0 Å². The molecule has 0 aromatic rings. The molecular weight excluding hydrogens is 174 g/mol. The van der Waals surface area contributed by atoms with Gasteiger partial charge >= 0.3 is 0 Å². The zero-order valence-corrected chi connectivity index (χ0v) is 9.45. The van der Waals surface area contributed by atoms with Crippen molar-refractivity contribution in [3.05, 3.63) is 0 Å². The number of likely N-dealkylation sites (tertiary alicyclic amines) is 1. The van der Waals surface area contributed by atoms with Crippen LogP contribution in [-0.4, -0.2) is 34.7 Å². The Labute approximate surface area is 87.3 Å². The molecule has 2 fully saturated rings. The molecule has 2 aliphatic rings. The molecule has 1 N–H and O–H groups in total. The third kappa shape index (κ3) is 1.96. The molecule has 2 nitrogen and oxygen atoms in total. The second-order valence-electron chi connectivity index (χ2n) is 5.28. The van der Waals surface area contributed by atoms with Crippen LogP contribution in [0.1, 0.15) is 46.0 Å². The Hall–Kier alpha value is -0.0800. The van der Waals surface area contributed by atoms with E-state index in [1.807, 2.05) is 0 Å². The molecule has 1 aliphatic carbocycles. The van der Waals surface area contributed by atoms with E-state index in [1.165, 1.54) is 32.2 Å². The van der Waals surface area contributed by atoms with Crippen molar-refractivity contribution in [2.45, 2.75) is 64.1 Å². The van der Waals surface area contributed by atoms with Crippen LogP contribution in [0.5, 0.6) is 0 Å². The Balaban J connectivity index is 2.00. The molecule has 14 heavy (non-hydrogen) atoms. The quantitative estimate of drug-likeness (QED) is 0.695. The largest absolute Gasteiger partial charge is 0.391 e. The minimum absolute atomic E-state index is 0.0632. The third-order valence-corrected chi connectivity index (χ3v) is 4.07. The predicted octanol–water partition coefficient (Wildman–Crippen LogP) is 2.02. The molecule has 1 saturated heterocycles. The predicted molar refractivity (Wildman–Crippen MR) is 58.2 cm³/mol. The highest BCUT2D eigenvalue weighted by Crippen LogP contribution is 2.31. The van der Waals surface area contributed by atoms with Crippen molar-refractivity contribution in [2.75, 3.05) is 6.54 Å². The van der Waals surface area contributed by atoms with E-state index in [9.17, 15) is 5.11 Å². The lowest BCUT2D eigenvalue weighted by molar-refractivity contribution is 0.00264. The highest BCUT2D eigenvalue weighted by atomic mass is 16.3. The summed E-state index contributed by atoms with van der Waals surface area (Å²) in [4.78, 5) is 2.54. The molecule has 0 aromatic carbocycles. The van der Waals surface area contributed by atoms with Crippen LogP contribution >= 0.6 is 0 Å². The average molecular weight is 197 g/mol. The summed E-state index contributed by atoms with van der Waals surface area (Å²) in [6.45, 7) is 5.83. The van der Waals surface area contributed by atoms with Crippen LogP contribution in [0.4, 0.5) is 0 Å². The first-order valence-electron chi connectivity index (χ1n) is 6.12. The van der Waals surface area contributed by atoms with E-state index in [-0.39, 0.29) is 6.10 Å². The Morgan fingerprint density at radius 3 is 2.57 bits per heavy atom. The van der Waals surface area contributed by atoms with E-state index in [0.717, 1.165) is 12.3 Å². The van der Waals surface area contributed by atoms with Crippen LogP contribution in [0.3, 0.4) is 0 Å². The molecule has 0 bridgehead atoms. The van der Waals surface area contributed by atoms with E-state index in [2.05, 4.69) is 18.7 Å². The van der Waals surface area contributed by atoms with Gasteiger partial charge in [-0.15, -0.1) is 0 Å². The highest BCUT2D eigenvalue weighted by molar-refractivity contribution is 4.90. The molecule has 0 amide bonds. The summed E-state index contributed by atoms with van der Waals surface area (Å²) in [5, 5.41) is 10.0. The van der Waals surface area contributed by atoms with Crippen molar-refractivity contribution in [3.8, 4) is 0 Å². The van der Waals surface area contributed by atoms with Gasteiger partial charge in [-0.1, -0.05) is 6.92 Å². The third-order valence-electron chi connectivity index (χ3n) is 4.07. The van der Waals surface area contributed by atoms with Gasteiger partial charge in [0.25, 0.3) is 0 Å². The van der Waals surface area contributed by atoms with Gasteiger partial charge in [-0.3, -0.25) is 4.90 Å². The number of aliphatic hydroxyl groups is 1. The molecule has 4 unspecified atom stereocenters. The van der Waals surface area contributed by atoms with E-state index < -0.39 is 0 Å². The summed E-state index contributed by atoms with van der Waals surface area (Å²) >= 11 is 0. The number of hydrogen-bond donors (Lipinski definition) is 1. The molecule has 1 heterocycles. The van der Waals surface area contributed by atoms with Gasteiger partial charge in [-0.05, 0) is 51.5 Å². The zero-order valence-electron chi connectivity index (χ0n) is 9.45. The number of nitrogens with zero attached hydrogens (tertiary/aromatic N) is 1. The molecule has 2 rings (SSSR count). The maximum absolute atomic E-state index is 10.0. The van der Waals surface area contributed by atoms with Crippen molar-refractivity contribution < 1.29 is 5.11 Å². The lowest BCUT2D eigenvalue weighted by Gasteiger charge is -2.40. The van der Waals surface area contributed by atoms with E-state index in [4.69, 9.17) is 0 Å². The number of aliphatic hydroxyl groups excluding tert-OH is 1. The fourth-order valence-corrected chi connectivity index (χ4v) is 3.14. The van der Waals surface area contributed by atoms with Gasteiger partial charge in [-0.25, -0.2) is 0 Å². The Kier molecular flexibility index (Phi) is 3.13. The van der Waals surface area contributed by atoms with E-state index in [1.54, 1.807) is 0 Å². The van der Waals surface area contributed by atoms with Crippen molar-refractivity contribution in [1.29, 1.82) is 0 Å². The van der Waals surface area contributed by atoms with Crippen LogP contribution in [0.25, 0.3) is 0 Å². The molecule has 1 saturated carbocycles. The molecule has 0 aromatic heterocycles. The fraction of sp³-hybridized carbons (Fsp3) is 1.00. The molecule has 0 spiro atoms. The maximum Gasteiger partial charge on any atom is 0.0695 e. The fourth-order valence-electron chi connectivity index (χ4n) is 3.14. The minimum atomic E-state index is -0.0632. The first-order chi connectivity index (χ1) is 6.68. The molecule has 0 radical (unpaired) electrons. The standard InChI is InChI=1S/C12H23NO/c1-9-5-6-12(14)11(8-9)13-7-3-4-10(13)2/h9-12,14H,3-8H2,1-2H3. The van der Waals surface area contributed by atoms with Gasteiger partial charge in [0, 0.05) is 12.1 Å². The molecule has 2 heteroatoms. The first-order valence-corrected chi connectivity index (χ1v) is 6.12. The van der Waals surface area contributed by atoms with Gasteiger partial charge in [0.05, 0.1) is 6.10 Å². The van der Waals surface area contributed by atoms with Crippen molar-refractivity contribution in [1.82, 2.24) is 4.90 Å². The SMILES string of the molecule is CC1CCC(O)C(N2CCCC2C)C1. The Bertz CT molecular complexity index is 195. The smallest absolute Gasteiger partial charge is 0.0695 e. The highest BCUT2D eigenvalue weighted by Gasteiger charge is 2.35. The first kappa shape index (κ1) is 10.4. The summed E-state index contributed by atoms with van der Waals surface area (Å²) in [7, 11) is 0. The zero-order chi connectivity index (χ0) is 10.1. The molecule has 1 aliphatic heterocycles. The summed E-state index contributed by atoms with van der Waals surface area (Å²) in [5.74, 6) is 0.802. The summed E-state index contributed by atoms with van der Waals surface area (Å²) in [6, 6.07) is 1.15. The molecular formula is C12H23NO. The summed E-state index contributed by atoms with van der Waals surface area (Å²) < 4.78 is 0. The second kappa shape index (κ2) is 4.19. The summed E-state index contributed by atoms with van der Waals surface area (Å²) in [6.07, 6.45) is 5.99. The Morgan fingerprint density at radius 1 is 1.14 bits per heavy atom. The van der Waals surface area contributed by atoms with E-state index >= 15 is 0 Å². The number of rotatable bonds is 1. The maximum atomic E-state index is 10.0. The van der Waals surface area contributed by atoms with Crippen molar-refractivity contribution in [3.63, 3.8) is 0 Å². The average Bonchev–Trinajstić information content (AvgIpc) is 2.56. The van der Waals surface area contributed by atoms with Crippen LogP contribution in [0, 0.1) is 5.92 Å². The summed E-state index contributed by atoms with van der Waals surface area (Å²) in [5.41, 5.74) is 0. The van der Waals surface area contributed by atoms with Gasteiger partial charge in [0.1, 0.15) is 0 Å². The van der Waals surface area contributed by atoms with E-state index in [0.29, 0.717) is 12.1 Å². The Morgan fingerprint density at radius 2 is 1.93 bits per heavy atom. The second-order valence-corrected chi connectivity index (χ2v) is 5.28. The van der Waals surface area contributed by atoms with Crippen LogP contribution in [0.2, 0.25) is 0 Å². The van der Waals surface area contributed by atoms with Crippen molar-refractivity contribution >= 4 is 0 Å². The van der Waals surface area contributed by atoms with Gasteiger partial charge in [-0.2, -0.15) is 0 Å². The van der Waals surface area contributed by atoms with Gasteiger partial charge in [0.15, 0.2) is 0 Å². The van der Waals surface area contributed by atoms with Gasteiger partial charge < -0.3 is 5.11 Å². The normalized spacial score (nSPS) is 45.6. The van der Waals surface area contributed by atoms with Crippen LogP contribution in [0.15, 0.2) is 0 Å². The molecule has 4 atom stereocenters. The minimum Gasteiger partial charge on any atom is -0.391 e. The topological polar surface area (TPSA) is 23.5 Å². The number of hydrogen-bond acceptors (Lipinski definition) is 2. The monoisotopic (exact) mass is 197 g/mol. The van der Waals surface area contributed by atoms with Crippen LogP contribution < -0.4 is 0 Å². The lowest BCUT2D eigenvalue weighted by atomic mass is 9.84. The van der Waals surface area contributed by atoms with Crippen LogP contribution in [-0.2, 0) is 0 Å². The lowest BCUT2D eigenvalue weighted by Crippen LogP contribution is -2.48.